The Morgan fingerprint density at radius 2 is 1.89 bits per heavy atom. The molecule has 7 nitrogen and oxygen atoms in total. The molecule has 0 bridgehead atoms. The van der Waals surface area contributed by atoms with Gasteiger partial charge in [0.2, 0.25) is 11.5 Å². The molecule has 0 saturated carbocycles. The van der Waals surface area contributed by atoms with Crippen LogP contribution in [0.4, 0.5) is 5.69 Å². The molecule has 1 aliphatic rings. The molecule has 0 radical (unpaired) electrons. The Balaban J connectivity index is 1.55. The Bertz CT molecular complexity index is 1660. The van der Waals surface area contributed by atoms with Crippen molar-refractivity contribution < 1.29 is 26.7 Å². The van der Waals surface area contributed by atoms with Crippen LogP contribution in [0.15, 0.2) is 88.7 Å². The van der Waals surface area contributed by atoms with Crippen LogP contribution in [-0.2, 0) is 16.0 Å². The summed E-state index contributed by atoms with van der Waals surface area (Å²) in [6.07, 6.45) is 6.28. The van der Waals surface area contributed by atoms with Gasteiger partial charge < -0.3 is 25.0 Å². The van der Waals surface area contributed by atoms with E-state index in [0.717, 1.165) is 28.1 Å². The predicted octanol–water partition coefficient (Wildman–Crippen LogP) is 6.30. The average Bonchev–Trinajstić information content (AvgIpc) is 3.40. The Hall–Kier alpha value is -3.59. The van der Waals surface area contributed by atoms with E-state index in [1.54, 1.807) is 24.3 Å². The van der Waals surface area contributed by atoms with Crippen molar-refractivity contribution in [3.05, 3.63) is 102 Å². The van der Waals surface area contributed by atoms with Crippen molar-refractivity contribution in [2.24, 2.45) is 0 Å². The Labute approximate surface area is 227 Å². The molecule has 38 heavy (non-hydrogen) atoms. The van der Waals surface area contributed by atoms with Crippen LogP contribution in [0.2, 0.25) is 5.02 Å². The molecule has 0 atom stereocenters. The molecule has 0 N–H and O–H groups in total. The monoisotopic (exact) mass is 549 g/mol. The van der Waals surface area contributed by atoms with Crippen LogP contribution < -0.4 is 14.2 Å². The number of hydrogen-bond acceptors (Lipinski definition) is 6. The van der Waals surface area contributed by atoms with Crippen molar-refractivity contribution in [1.29, 1.82) is 0 Å². The SMILES string of the molecule is C[CH-]CN1/C(=C/C(=C/c2oc3ccc(Cl)cc3[n+]2CS(=O)(=O)[O-])CC)Oc2ccc(-c3ccccc3)cc21. The minimum atomic E-state index is -4.59. The van der Waals surface area contributed by atoms with Crippen molar-refractivity contribution >= 4 is 44.6 Å². The van der Waals surface area contributed by atoms with E-state index in [1.165, 1.54) is 4.57 Å². The number of allylic oxidation sites excluding steroid dienone is 2. The number of oxazole rings is 1. The van der Waals surface area contributed by atoms with E-state index >= 15 is 0 Å². The summed E-state index contributed by atoms with van der Waals surface area (Å²) in [4.78, 5) is 2.08. The summed E-state index contributed by atoms with van der Waals surface area (Å²) in [6.45, 7) is 4.59. The maximum atomic E-state index is 11.7. The highest BCUT2D eigenvalue weighted by molar-refractivity contribution is 7.84. The van der Waals surface area contributed by atoms with E-state index in [-0.39, 0.29) is 5.89 Å². The third-order valence-corrected chi connectivity index (χ3v) is 7.02. The van der Waals surface area contributed by atoms with Gasteiger partial charge in [-0.2, -0.15) is 6.92 Å². The number of anilines is 1. The second-order valence-corrected chi connectivity index (χ2v) is 10.7. The fraction of sp³-hybridized carbons (Fsp3) is 0.172. The third-order valence-electron chi connectivity index (χ3n) is 6.21. The van der Waals surface area contributed by atoms with Crippen LogP contribution in [0.5, 0.6) is 5.75 Å². The molecule has 0 amide bonds. The van der Waals surface area contributed by atoms with Gasteiger partial charge in [0.05, 0.1) is 11.8 Å². The number of aromatic nitrogens is 1. The quantitative estimate of drug-likeness (QED) is 0.146. The van der Waals surface area contributed by atoms with Gasteiger partial charge in [-0.25, -0.2) is 8.42 Å². The lowest BCUT2D eigenvalue weighted by molar-refractivity contribution is -0.658. The summed E-state index contributed by atoms with van der Waals surface area (Å²) in [7, 11) is -4.59. The maximum Gasteiger partial charge on any atom is 0.375 e. The van der Waals surface area contributed by atoms with Gasteiger partial charge >= 0.3 is 5.89 Å². The molecule has 0 fully saturated rings. The second kappa shape index (κ2) is 10.6. The van der Waals surface area contributed by atoms with Gasteiger partial charge in [0, 0.05) is 17.2 Å². The number of rotatable bonds is 8. The number of fused-ring (bicyclic) bond motifs is 2. The van der Waals surface area contributed by atoms with Crippen LogP contribution in [0, 0.1) is 6.42 Å². The van der Waals surface area contributed by atoms with Gasteiger partial charge in [-0.05, 0) is 47.4 Å². The molecule has 0 unspecified atom stereocenters. The largest absolute Gasteiger partial charge is 0.743 e. The van der Waals surface area contributed by atoms with Gasteiger partial charge in [-0.15, -0.1) is 4.57 Å². The van der Waals surface area contributed by atoms with E-state index in [0.29, 0.717) is 35.0 Å². The first-order valence-corrected chi connectivity index (χ1v) is 14.1. The summed E-state index contributed by atoms with van der Waals surface area (Å²) in [6, 6.07) is 21.1. The normalized spacial score (nSPS) is 14.8. The smallest absolute Gasteiger partial charge is 0.375 e. The fourth-order valence-electron chi connectivity index (χ4n) is 4.43. The molecule has 1 aromatic heterocycles. The van der Waals surface area contributed by atoms with Crippen LogP contribution in [0.25, 0.3) is 28.3 Å². The minimum Gasteiger partial charge on any atom is -0.743 e. The highest BCUT2D eigenvalue weighted by Crippen LogP contribution is 2.42. The number of benzene rings is 3. The van der Waals surface area contributed by atoms with Gasteiger partial charge in [-0.3, -0.25) is 0 Å². The first-order chi connectivity index (χ1) is 18.3. The molecule has 3 aromatic carbocycles. The lowest BCUT2D eigenvalue weighted by atomic mass is 10.0. The van der Waals surface area contributed by atoms with Gasteiger partial charge in [-0.1, -0.05) is 61.5 Å². The average molecular weight is 550 g/mol. The lowest BCUT2D eigenvalue weighted by Crippen LogP contribution is -2.39. The standard InChI is InChI=1S/C29H27ClN2O5S/c1-3-14-31-24-17-22(21-8-6-5-7-9-21)10-12-26(24)36-28(31)15-20(4-2)16-29-32(19-38(33,34)35)25-18-23(30)11-13-27(25)37-29/h3,5-13,15-18H,4,14,19H2,1-2H3,(H,33,34,35)/p-1. The number of halogens is 1. The molecule has 9 heteroatoms. The van der Waals surface area contributed by atoms with Crippen molar-refractivity contribution in [2.45, 2.75) is 26.1 Å². The van der Waals surface area contributed by atoms with Crippen LogP contribution >= 0.6 is 11.6 Å². The highest BCUT2D eigenvalue weighted by Gasteiger charge is 2.27. The van der Waals surface area contributed by atoms with E-state index in [9.17, 15) is 13.0 Å². The number of nitrogens with zero attached hydrogens (tertiary/aromatic N) is 2. The van der Waals surface area contributed by atoms with Crippen LogP contribution in [0.3, 0.4) is 0 Å². The van der Waals surface area contributed by atoms with Crippen molar-refractivity contribution in [2.75, 3.05) is 11.4 Å². The second-order valence-electron chi connectivity index (χ2n) is 8.89. The Kier molecular flexibility index (Phi) is 7.29. The molecule has 4 aromatic rings. The number of hydrogen-bond donors (Lipinski definition) is 0. The first kappa shape index (κ1) is 26.0. The van der Waals surface area contributed by atoms with Crippen LogP contribution in [-0.4, -0.2) is 19.5 Å². The molecule has 5 rings (SSSR count). The molecule has 1 aliphatic heterocycles. The van der Waals surface area contributed by atoms with Gasteiger partial charge in [0.25, 0.3) is 5.52 Å². The highest BCUT2D eigenvalue weighted by atomic mass is 35.5. The zero-order valence-electron chi connectivity index (χ0n) is 20.9. The predicted molar refractivity (Wildman–Crippen MR) is 147 cm³/mol. The van der Waals surface area contributed by atoms with Crippen LogP contribution in [0.1, 0.15) is 26.2 Å². The van der Waals surface area contributed by atoms with Crippen molar-refractivity contribution in [3.63, 3.8) is 0 Å². The topological polar surface area (TPSA) is 86.7 Å². The Morgan fingerprint density at radius 1 is 1.11 bits per heavy atom. The van der Waals surface area contributed by atoms with Gasteiger partial charge in [0.1, 0.15) is 0 Å². The molecule has 0 aliphatic carbocycles. The zero-order valence-corrected chi connectivity index (χ0v) is 22.5. The first-order valence-electron chi connectivity index (χ1n) is 12.2. The minimum absolute atomic E-state index is 0.228. The molecule has 196 valence electrons. The number of ether oxygens (including phenoxy) is 1. The summed E-state index contributed by atoms with van der Waals surface area (Å²) in [5.74, 6) is 0.837. The summed E-state index contributed by atoms with van der Waals surface area (Å²) < 4.78 is 48.5. The molecule has 0 spiro atoms. The third kappa shape index (κ3) is 5.48. The van der Waals surface area contributed by atoms with E-state index in [2.05, 4.69) is 23.1 Å². The fourth-order valence-corrected chi connectivity index (χ4v) is 5.17. The Morgan fingerprint density at radius 3 is 2.61 bits per heavy atom. The summed E-state index contributed by atoms with van der Waals surface area (Å²) in [5, 5.41) is 0.405. The van der Waals surface area contributed by atoms with E-state index in [4.69, 9.17) is 20.8 Å². The molecular formula is C29H26ClN2O5S-. The lowest BCUT2D eigenvalue weighted by Gasteiger charge is -2.23. The van der Waals surface area contributed by atoms with Crippen molar-refractivity contribution in [3.8, 4) is 16.9 Å². The summed E-state index contributed by atoms with van der Waals surface area (Å²) in [5.41, 5.74) is 4.82. The molecular weight excluding hydrogens is 524 g/mol. The summed E-state index contributed by atoms with van der Waals surface area (Å²) >= 11 is 6.13. The van der Waals surface area contributed by atoms with Crippen molar-refractivity contribution in [1.82, 2.24) is 0 Å². The molecule has 0 saturated heterocycles. The van der Waals surface area contributed by atoms with E-state index in [1.807, 2.05) is 56.7 Å². The zero-order chi connectivity index (χ0) is 26.9. The maximum absolute atomic E-state index is 11.7. The van der Waals surface area contributed by atoms with Gasteiger partial charge in [0.15, 0.2) is 21.8 Å². The molecule has 2 heterocycles. The van der Waals surface area contributed by atoms with E-state index < -0.39 is 16.0 Å².